The van der Waals surface area contributed by atoms with Gasteiger partial charge in [-0.25, -0.2) is 0 Å². The van der Waals surface area contributed by atoms with Crippen molar-refractivity contribution >= 4 is 40.5 Å². The van der Waals surface area contributed by atoms with Crippen LogP contribution in [0.25, 0.3) is 0 Å². The lowest BCUT2D eigenvalue weighted by Gasteiger charge is -2.38. The molecule has 29 heavy (non-hydrogen) atoms. The molecule has 3 aromatic carbocycles. The molecule has 0 aromatic heterocycles. The minimum Gasteiger partial charge on any atom is -0.360 e. The lowest BCUT2D eigenvalue weighted by atomic mass is 10.0. The standard InChI is InChI=1S/C21H13Cl2F3N2O/c22-16-9-4-8-15(18(16)23)19-27-17-10-2-1-7-14(17)20(29)28(19)13-6-3-5-12(11-13)21(24,25)26/h1-11,19,27H. The summed E-state index contributed by atoms with van der Waals surface area (Å²) in [7, 11) is 0. The van der Waals surface area contributed by atoms with Gasteiger partial charge < -0.3 is 5.32 Å². The van der Waals surface area contributed by atoms with Gasteiger partial charge in [-0.2, -0.15) is 13.2 Å². The van der Waals surface area contributed by atoms with Crippen LogP contribution >= 0.6 is 23.2 Å². The first-order valence-corrected chi connectivity index (χ1v) is 9.33. The van der Waals surface area contributed by atoms with Crippen LogP contribution in [0.15, 0.2) is 66.7 Å². The van der Waals surface area contributed by atoms with Crippen molar-refractivity contribution in [3.8, 4) is 0 Å². The Hall–Kier alpha value is -2.70. The summed E-state index contributed by atoms with van der Waals surface area (Å²) in [6.45, 7) is 0. The van der Waals surface area contributed by atoms with Crippen molar-refractivity contribution in [2.45, 2.75) is 12.3 Å². The maximum Gasteiger partial charge on any atom is 0.416 e. The van der Waals surface area contributed by atoms with E-state index in [9.17, 15) is 18.0 Å². The minimum atomic E-state index is -4.54. The Kier molecular flexibility index (Phi) is 4.92. The molecule has 1 aliphatic rings. The number of amides is 1. The summed E-state index contributed by atoms with van der Waals surface area (Å²) in [5.74, 6) is -0.445. The maximum absolute atomic E-state index is 13.3. The van der Waals surface area contributed by atoms with Gasteiger partial charge in [-0.1, -0.05) is 53.5 Å². The zero-order chi connectivity index (χ0) is 20.8. The Morgan fingerprint density at radius 2 is 1.66 bits per heavy atom. The molecule has 1 aliphatic heterocycles. The molecule has 0 saturated carbocycles. The second-order valence-electron chi connectivity index (χ2n) is 6.46. The Morgan fingerprint density at radius 3 is 2.41 bits per heavy atom. The van der Waals surface area contributed by atoms with Crippen LogP contribution in [0.4, 0.5) is 24.5 Å². The topological polar surface area (TPSA) is 32.3 Å². The average Bonchev–Trinajstić information content (AvgIpc) is 2.69. The highest BCUT2D eigenvalue weighted by atomic mass is 35.5. The van der Waals surface area contributed by atoms with Crippen LogP contribution in [0.3, 0.4) is 0 Å². The number of nitrogens with one attached hydrogen (secondary N) is 1. The highest BCUT2D eigenvalue weighted by Crippen LogP contribution is 2.41. The second-order valence-corrected chi connectivity index (χ2v) is 7.24. The van der Waals surface area contributed by atoms with E-state index in [0.717, 1.165) is 12.1 Å². The molecule has 1 unspecified atom stereocenters. The number of carbonyl (C=O) groups excluding carboxylic acids is 1. The van der Waals surface area contributed by atoms with E-state index in [0.29, 0.717) is 16.8 Å². The first kappa shape index (κ1) is 19.6. The van der Waals surface area contributed by atoms with E-state index < -0.39 is 23.8 Å². The molecule has 0 radical (unpaired) electrons. The number of halogens is 5. The zero-order valence-electron chi connectivity index (χ0n) is 14.7. The van der Waals surface area contributed by atoms with E-state index >= 15 is 0 Å². The van der Waals surface area contributed by atoms with Crippen LogP contribution in [0.5, 0.6) is 0 Å². The van der Waals surface area contributed by atoms with Gasteiger partial charge in [-0.3, -0.25) is 9.69 Å². The number of carbonyl (C=O) groups is 1. The molecule has 0 fully saturated rings. The van der Waals surface area contributed by atoms with Crippen molar-refractivity contribution in [1.29, 1.82) is 0 Å². The van der Waals surface area contributed by atoms with Crippen LogP contribution < -0.4 is 10.2 Å². The molecule has 0 saturated heterocycles. The van der Waals surface area contributed by atoms with Gasteiger partial charge in [-0.05, 0) is 36.4 Å². The minimum absolute atomic E-state index is 0.0906. The number of alkyl halides is 3. The third kappa shape index (κ3) is 3.54. The van der Waals surface area contributed by atoms with E-state index in [4.69, 9.17) is 23.2 Å². The van der Waals surface area contributed by atoms with Crippen molar-refractivity contribution in [1.82, 2.24) is 0 Å². The third-order valence-electron chi connectivity index (χ3n) is 4.65. The fraction of sp³-hybridized carbons (Fsp3) is 0.0952. The number of hydrogen-bond acceptors (Lipinski definition) is 2. The number of rotatable bonds is 2. The molecule has 0 bridgehead atoms. The first-order valence-electron chi connectivity index (χ1n) is 8.57. The number of para-hydroxylation sites is 1. The van der Waals surface area contributed by atoms with E-state index in [1.54, 1.807) is 42.5 Å². The summed E-state index contributed by atoms with van der Waals surface area (Å²) in [6, 6.07) is 16.3. The molecule has 3 aromatic rings. The summed E-state index contributed by atoms with van der Waals surface area (Å²) in [4.78, 5) is 14.5. The SMILES string of the molecule is O=C1c2ccccc2NC(c2cccc(Cl)c2Cl)N1c1cccc(C(F)(F)F)c1. The van der Waals surface area contributed by atoms with Gasteiger partial charge in [0.05, 0.1) is 21.2 Å². The van der Waals surface area contributed by atoms with Gasteiger partial charge >= 0.3 is 6.18 Å². The molecular weight excluding hydrogens is 424 g/mol. The first-order chi connectivity index (χ1) is 13.8. The Morgan fingerprint density at radius 1 is 0.931 bits per heavy atom. The highest BCUT2D eigenvalue weighted by Gasteiger charge is 2.37. The number of anilines is 2. The molecule has 1 atom stereocenters. The van der Waals surface area contributed by atoms with E-state index in [2.05, 4.69) is 5.32 Å². The van der Waals surface area contributed by atoms with Gasteiger partial charge in [0.15, 0.2) is 0 Å². The van der Waals surface area contributed by atoms with Gasteiger partial charge in [0, 0.05) is 16.9 Å². The summed E-state index contributed by atoms with van der Waals surface area (Å²) in [5.41, 5.74) is 0.617. The Bertz CT molecular complexity index is 1100. The van der Waals surface area contributed by atoms with Crippen molar-refractivity contribution in [2.24, 2.45) is 0 Å². The Labute approximate surface area is 174 Å². The van der Waals surface area contributed by atoms with Crippen molar-refractivity contribution < 1.29 is 18.0 Å². The molecule has 3 nitrogen and oxygen atoms in total. The van der Waals surface area contributed by atoms with Crippen molar-refractivity contribution in [2.75, 3.05) is 10.2 Å². The van der Waals surface area contributed by atoms with E-state index in [1.807, 2.05) is 0 Å². The Balaban J connectivity index is 1.91. The summed E-state index contributed by atoms with van der Waals surface area (Å²) < 4.78 is 39.8. The predicted octanol–water partition coefficient (Wildman–Crippen LogP) is 6.78. The fourth-order valence-corrected chi connectivity index (χ4v) is 3.71. The molecule has 1 N–H and O–H groups in total. The smallest absolute Gasteiger partial charge is 0.360 e. The van der Waals surface area contributed by atoms with Crippen LogP contribution in [-0.4, -0.2) is 5.91 Å². The summed E-state index contributed by atoms with van der Waals surface area (Å²) in [5, 5.41) is 3.70. The number of hydrogen-bond donors (Lipinski definition) is 1. The molecule has 0 spiro atoms. The molecule has 4 rings (SSSR count). The molecule has 8 heteroatoms. The van der Waals surface area contributed by atoms with Gasteiger partial charge in [0.25, 0.3) is 5.91 Å². The number of benzene rings is 3. The van der Waals surface area contributed by atoms with Crippen LogP contribution in [-0.2, 0) is 6.18 Å². The molecule has 0 aliphatic carbocycles. The van der Waals surface area contributed by atoms with Gasteiger partial charge in [-0.15, -0.1) is 0 Å². The van der Waals surface area contributed by atoms with Crippen molar-refractivity contribution in [3.05, 3.63) is 93.5 Å². The predicted molar refractivity (Wildman–Crippen MR) is 108 cm³/mol. The van der Waals surface area contributed by atoms with E-state index in [1.165, 1.54) is 17.0 Å². The van der Waals surface area contributed by atoms with Gasteiger partial charge in [0.1, 0.15) is 6.17 Å². The van der Waals surface area contributed by atoms with E-state index in [-0.39, 0.29) is 15.7 Å². The lowest BCUT2D eigenvalue weighted by Crippen LogP contribution is -2.43. The quantitative estimate of drug-likeness (QED) is 0.479. The van der Waals surface area contributed by atoms with Crippen LogP contribution in [0, 0.1) is 0 Å². The summed E-state index contributed by atoms with van der Waals surface area (Å²) >= 11 is 12.5. The normalized spacial score (nSPS) is 16.4. The monoisotopic (exact) mass is 436 g/mol. The highest BCUT2D eigenvalue weighted by molar-refractivity contribution is 6.42. The molecule has 148 valence electrons. The molecular formula is C21H13Cl2F3N2O. The maximum atomic E-state index is 13.3. The number of fused-ring (bicyclic) bond motifs is 1. The fourth-order valence-electron chi connectivity index (χ4n) is 3.30. The molecule has 1 heterocycles. The second kappa shape index (κ2) is 7.28. The van der Waals surface area contributed by atoms with Crippen LogP contribution in [0.1, 0.15) is 27.7 Å². The largest absolute Gasteiger partial charge is 0.416 e. The van der Waals surface area contributed by atoms with Crippen molar-refractivity contribution in [3.63, 3.8) is 0 Å². The van der Waals surface area contributed by atoms with Gasteiger partial charge in [0.2, 0.25) is 0 Å². The number of nitrogens with zero attached hydrogens (tertiary/aromatic N) is 1. The lowest BCUT2D eigenvalue weighted by molar-refractivity contribution is -0.137. The van der Waals surface area contributed by atoms with Crippen LogP contribution in [0.2, 0.25) is 10.0 Å². The third-order valence-corrected chi connectivity index (χ3v) is 5.49. The average molecular weight is 437 g/mol. The zero-order valence-corrected chi connectivity index (χ0v) is 16.2. The summed E-state index contributed by atoms with van der Waals surface area (Å²) in [6.07, 6.45) is -5.38. The molecule has 1 amide bonds.